The molecular weight excluding hydrogens is 356 g/mol. The molecular formula is C21H24N4O3. The number of rotatable bonds is 1. The molecule has 0 aliphatic heterocycles. The number of carbonyl (C=O) groups is 1. The van der Waals surface area contributed by atoms with E-state index in [1.54, 1.807) is 13.2 Å². The molecule has 2 heterocycles. The van der Waals surface area contributed by atoms with E-state index in [9.17, 15) is 4.79 Å². The summed E-state index contributed by atoms with van der Waals surface area (Å²) >= 11 is 0. The summed E-state index contributed by atoms with van der Waals surface area (Å²) in [5.41, 5.74) is 2.01. The maximum absolute atomic E-state index is 12.1. The highest BCUT2D eigenvalue weighted by atomic mass is 16.6. The standard InChI is InChI=1S/C14H18N2O3.C7H6N2/c1-9-11-7-6-10(18-5)8-12(11)16(15-9)13(17)19-14(2,3)4;1-2-4-7-6(3-1)5-8-9-7/h6-8H,1-5H3;1-5H,(H,8,9). The lowest BCUT2D eigenvalue weighted by Gasteiger charge is -2.19. The molecule has 4 rings (SSSR count). The van der Waals surface area contributed by atoms with Gasteiger partial charge in [-0.15, -0.1) is 0 Å². The lowest BCUT2D eigenvalue weighted by molar-refractivity contribution is 0.0522. The largest absolute Gasteiger partial charge is 0.497 e. The van der Waals surface area contributed by atoms with Crippen molar-refractivity contribution in [3.05, 3.63) is 54.4 Å². The maximum Gasteiger partial charge on any atom is 0.435 e. The number of methoxy groups -OCH3 is 1. The van der Waals surface area contributed by atoms with Gasteiger partial charge in [0.1, 0.15) is 11.4 Å². The van der Waals surface area contributed by atoms with Crippen molar-refractivity contribution < 1.29 is 14.3 Å². The molecule has 0 unspecified atom stereocenters. The van der Waals surface area contributed by atoms with Crippen LogP contribution in [0.4, 0.5) is 4.79 Å². The number of H-pyrrole nitrogens is 1. The van der Waals surface area contributed by atoms with Crippen molar-refractivity contribution in [1.82, 2.24) is 20.0 Å². The second kappa shape index (κ2) is 7.72. The molecule has 7 heteroatoms. The molecule has 0 aliphatic carbocycles. The van der Waals surface area contributed by atoms with Gasteiger partial charge in [-0.3, -0.25) is 5.10 Å². The zero-order chi connectivity index (χ0) is 20.3. The van der Waals surface area contributed by atoms with Crippen LogP contribution in [0, 0.1) is 6.92 Å². The summed E-state index contributed by atoms with van der Waals surface area (Å²) in [7, 11) is 1.59. The maximum atomic E-state index is 12.1. The molecule has 0 fully saturated rings. The number of fused-ring (bicyclic) bond motifs is 2. The SMILES string of the molecule is COc1ccc2c(C)nn(C(=O)OC(C)(C)C)c2c1.c1ccc2[nH]ncc2c1. The molecule has 146 valence electrons. The highest BCUT2D eigenvalue weighted by Gasteiger charge is 2.21. The number of carbonyl (C=O) groups excluding carboxylic acids is 1. The minimum absolute atomic E-state index is 0.487. The van der Waals surface area contributed by atoms with Crippen molar-refractivity contribution >= 4 is 27.9 Å². The zero-order valence-corrected chi connectivity index (χ0v) is 16.7. The first kappa shape index (κ1) is 19.4. The highest BCUT2D eigenvalue weighted by molar-refractivity contribution is 5.90. The number of benzene rings is 2. The van der Waals surface area contributed by atoms with Gasteiger partial charge in [0.2, 0.25) is 0 Å². The predicted octanol–water partition coefficient (Wildman–Crippen LogP) is 4.70. The van der Waals surface area contributed by atoms with Crippen molar-refractivity contribution in [2.45, 2.75) is 33.3 Å². The number of para-hydroxylation sites is 1. The van der Waals surface area contributed by atoms with Crippen LogP contribution in [0.1, 0.15) is 26.5 Å². The quantitative estimate of drug-likeness (QED) is 0.518. The van der Waals surface area contributed by atoms with E-state index in [4.69, 9.17) is 9.47 Å². The van der Waals surface area contributed by atoms with Crippen LogP contribution >= 0.6 is 0 Å². The van der Waals surface area contributed by atoms with Gasteiger partial charge in [-0.05, 0) is 45.9 Å². The van der Waals surface area contributed by atoms with Crippen LogP contribution in [0.3, 0.4) is 0 Å². The molecule has 7 nitrogen and oxygen atoms in total. The Balaban J connectivity index is 0.000000206. The molecule has 28 heavy (non-hydrogen) atoms. The number of hydrogen-bond donors (Lipinski definition) is 1. The Hall–Kier alpha value is -3.35. The van der Waals surface area contributed by atoms with E-state index in [-0.39, 0.29) is 0 Å². The number of aromatic amines is 1. The van der Waals surface area contributed by atoms with Crippen molar-refractivity contribution in [2.75, 3.05) is 7.11 Å². The third-order valence-electron chi connectivity index (χ3n) is 3.99. The molecule has 0 radical (unpaired) electrons. The van der Waals surface area contributed by atoms with Gasteiger partial charge < -0.3 is 9.47 Å². The van der Waals surface area contributed by atoms with Crippen molar-refractivity contribution in [1.29, 1.82) is 0 Å². The zero-order valence-electron chi connectivity index (χ0n) is 16.7. The molecule has 0 amide bonds. The molecule has 0 spiro atoms. The normalized spacial score (nSPS) is 11.2. The van der Waals surface area contributed by atoms with Crippen LogP contribution in [-0.2, 0) is 4.74 Å². The fourth-order valence-electron chi connectivity index (χ4n) is 2.70. The fourth-order valence-corrected chi connectivity index (χ4v) is 2.70. The lowest BCUT2D eigenvalue weighted by atomic mass is 10.2. The molecule has 0 bridgehead atoms. The van der Waals surface area contributed by atoms with Crippen molar-refractivity contribution in [3.63, 3.8) is 0 Å². The van der Waals surface area contributed by atoms with E-state index >= 15 is 0 Å². The molecule has 4 aromatic rings. The van der Waals surface area contributed by atoms with Gasteiger partial charge in [0, 0.05) is 16.8 Å². The Morgan fingerprint density at radius 2 is 1.89 bits per heavy atom. The number of nitrogens with one attached hydrogen (secondary N) is 1. The monoisotopic (exact) mass is 380 g/mol. The van der Waals surface area contributed by atoms with Crippen LogP contribution in [0.2, 0.25) is 0 Å². The average molecular weight is 380 g/mol. The van der Waals surface area contributed by atoms with Crippen LogP contribution in [0.25, 0.3) is 21.8 Å². The van der Waals surface area contributed by atoms with Crippen molar-refractivity contribution in [2.24, 2.45) is 0 Å². The van der Waals surface area contributed by atoms with Crippen molar-refractivity contribution in [3.8, 4) is 5.75 Å². The topological polar surface area (TPSA) is 82.0 Å². The lowest BCUT2D eigenvalue weighted by Crippen LogP contribution is -2.27. The van der Waals surface area contributed by atoms with E-state index in [0.717, 1.165) is 22.0 Å². The number of nitrogens with zero attached hydrogens (tertiary/aromatic N) is 3. The molecule has 1 N–H and O–H groups in total. The van der Waals surface area contributed by atoms with Crippen LogP contribution < -0.4 is 4.74 Å². The average Bonchev–Trinajstić information content (AvgIpc) is 3.25. The van der Waals surface area contributed by atoms with Crippen LogP contribution in [-0.4, -0.2) is 38.8 Å². The summed E-state index contributed by atoms with van der Waals surface area (Å²) in [6.07, 6.45) is 1.33. The Morgan fingerprint density at radius 3 is 2.57 bits per heavy atom. The molecule has 0 atom stereocenters. The summed E-state index contributed by atoms with van der Waals surface area (Å²) in [5, 5.41) is 13.1. The molecule has 0 saturated heterocycles. The van der Waals surface area contributed by atoms with Crippen LogP contribution in [0.5, 0.6) is 5.75 Å². The molecule has 2 aromatic heterocycles. The van der Waals surface area contributed by atoms with E-state index in [1.807, 2.05) is 70.3 Å². The van der Waals surface area contributed by atoms with Gasteiger partial charge in [-0.25, -0.2) is 4.79 Å². The minimum Gasteiger partial charge on any atom is -0.497 e. The number of aromatic nitrogens is 4. The summed E-state index contributed by atoms with van der Waals surface area (Å²) in [4.78, 5) is 12.1. The van der Waals surface area contributed by atoms with Gasteiger partial charge in [0.25, 0.3) is 0 Å². The van der Waals surface area contributed by atoms with Gasteiger partial charge in [0.05, 0.1) is 30.0 Å². The first-order chi connectivity index (χ1) is 13.3. The number of aryl methyl sites for hydroxylation is 1. The fraction of sp³-hybridized carbons (Fsp3) is 0.286. The Morgan fingerprint density at radius 1 is 1.14 bits per heavy atom. The van der Waals surface area contributed by atoms with Gasteiger partial charge in [-0.2, -0.15) is 14.9 Å². The summed E-state index contributed by atoms with van der Waals surface area (Å²) < 4.78 is 11.8. The number of ether oxygens (including phenoxy) is 2. The number of hydrogen-bond acceptors (Lipinski definition) is 5. The predicted molar refractivity (Wildman–Crippen MR) is 109 cm³/mol. The van der Waals surface area contributed by atoms with E-state index in [2.05, 4.69) is 15.3 Å². The molecule has 2 aromatic carbocycles. The molecule has 0 aliphatic rings. The Bertz CT molecular complexity index is 1080. The third kappa shape index (κ3) is 4.31. The second-order valence-corrected chi connectivity index (χ2v) is 7.32. The van der Waals surface area contributed by atoms with Crippen LogP contribution in [0.15, 0.2) is 48.7 Å². The van der Waals surface area contributed by atoms with Gasteiger partial charge in [-0.1, -0.05) is 18.2 Å². The van der Waals surface area contributed by atoms with Gasteiger partial charge in [0.15, 0.2) is 0 Å². The van der Waals surface area contributed by atoms with Gasteiger partial charge >= 0.3 is 6.09 Å². The van der Waals surface area contributed by atoms with E-state index < -0.39 is 11.7 Å². The third-order valence-corrected chi connectivity index (χ3v) is 3.99. The minimum atomic E-state index is -0.553. The highest BCUT2D eigenvalue weighted by Crippen LogP contribution is 2.24. The first-order valence-corrected chi connectivity index (χ1v) is 8.93. The van der Waals surface area contributed by atoms with E-state index in [0.29, 0.717) is 11.3 Å². The summed E-state index contributed by atoms with van der Waals surface area (Å²) in [6, 6.07) is 13.5. The first-order valence-electron chi connectivity index (χ1n) is 8.93. The smallest absolute Gasteiger partial charge is 0.435 e. The summed E-state index contributed by atoms with van der Waals surface area (Å²) in [5.74, 6) is 0.678. The second-order valence-electron chi connectivity index (χ2n) is 7.32. The molecule has 0 saturated carbocycles. The Kier molecular flexibility index (Phi) is 5.35. The Labute approximate surface area is 163 Å². The van der Waals surface area contributed by atoms with E-state index in [1.165, 1.54) is 4.68 Å². The summed E-state index contributed by atoms with van der Waals surface area (Å²) in [6.45, 7) is 7.33.